The first-order valence-electron chi connectivity index (χ1n) is 16.5. The second kappa shape index (κ2) is 12.2. The predicted molar refractivity (Wildman–Crippen MR) is 202 cm³/mol. The molecule has 0 saturated carbocycles. The maximum atomic E-state index is 6.26. The van der Waals surface area contributed by atoms with Crippen LogP contribution in [-0.2, 0) is 0 Å². The van der Waals surface area contributed by atoms with Crippen LogP contribution in [0.25, 0.3) is 89.2 Å². The van der Waals surface area contributed by atoms with Crippen LogP contribution in [0.4, 0.5) is 0 Å². The van der Waals surface area contributed by atoms with Crippen LogP contribution in [0, 0.1) is 0 Å². The maximum Gasteiger partial charge on any atom is 0.160 e. The van der Waals surface area contributed by atoms with Crippen LogP contribution in [0.2, 0.25) is 0 Å². The first-order chi connectivity index (χ1) is 24.2. The van der Waals surface area contributed by atoms with Crippen molar-refractivity contribution in [2.75, 3.05) is 0 Å². The molecule has 0 spiro atoms. The standard InChI is InChI=1S/C46H30N2O/c1-3-10-31(11-4-1)33-18-20-35(21-19-33)37-14-9-15-38(28-37)42-30-43(39-26-27-41-40-16-7-8-17-44(40)49-45(41)29-39)48-46(47-42)36-24-22-34(23-25-36)32-12-5-2-6-13-32/h1-30H. The van der Waals surface area contributed by atoms with Gasteiger partial charge in [-0.3, -0.25) is 0 Å². The zero-order valence-corrected chi connectivity index (χ0v) is 26.6. The summed E-state index contributed by atoms with van der Waals surface area (Å²) in [6.07, 6.45) is 0. The number of para-hydroxylation sites is 1. The molecule has 230 valence electrons. The zero-order chi connectivity index (χ0) is 32.6. The first-order valence-corrected chi connectivity index (χ1v) is 16.5. The number of rotatable bonds is 6. The number of benzene rings is 7. The number of hydrogen-bond acceptors (Lipinski definition) is 3. The van der Waals surface area contributed by atoms with Gasteiger partial charge in [-0.15, -0.1) is 0 Å². The molecule has 49 heavy (non-hydrogen) atoms. The Morgan fingerprint density at radius 1 is 0.286 bits per heavy atom. The van der Waals surface area contributed by atoms with Gasteiger partial charge < -0.3 is 4.42 Å². The molecule has 0 aliphatic heterocycles. The van der Waals surface area contributed by atoms with Crippen molar-refractivity contribution >= 4 is 21.9 Å². The fourth-order valence-corrected chi connectivity index (χ4v) is 6.54. The van der Waals surface area contributed by atoms with Crippen LogP contribution < -0.4 is 0 Å². The molecule has 0 unspecified atom stereocenters. The highest BCUT2D eigenvalue weighted by Gasteiger charge is 2.14. The monoisotopic (exact) mass is 626 g/mol. The van der Waals surface area contributed by atoms with Crippen molar-refractivity contribution in [2.24, 2.45) is 0 Å². The van der Waals surface area contributed by atoms with Gasteiger partial charge in [0.05, 0.1) is 11.4 Å². The molecule has 0 aliphatic carbocycles. The Labute approximate surface area is 284 Å². The quantitative estimate of drug-likeness (QED) is 0.184. The predicted octanol–water partition coefficient (Wildman–Crippen LogP) is 12.4. The topological polar surface area (TPSA) is 38.9 Å². The summed E-state index contributed by atoms with van der Waals surface area (Å²) < 4.78 is 6.26. The molecular formula is C46H30N2O. The van der Waals surface area contributed by atoms with Crippen LogP contribution >= 0.6 is 0 Å². The molecule has 9 aromatic rings. The van der Waals surface area contributed by atoms with Crippen molar-refractivity contribution in [3.63, 3.8) is 0 Å². The molecule has 7 aromatic carbocycles. The Bertz CT molecular complexity index is 2570. The second-order valence-corrected chi connectivity index (χ2v) is 12.2. The molecule has 0 radical (unpaired) electrons. The molecule has 3 nitrogen and oxygen atoms in total. The third-order valence-electron chi connectivity index (χ3n) is 9.13. The molecule has 0 fully saturated rings. The van der Waals surface area contributed by atoms with E-state index in [2.05, 4.69) is 152 Å². The Morgan fingerprint density at radius 2 is 0.735 bits per heavy atom. The van der Waals surface area contributed by atoms with Crippen molar-refractivity contribution in [2.45, 2.75) is 0 Å². The van der Waals surface area contributed by atoms with Gasteiger partial charge in [0.15, 0.2) is 5.82 Å². The number of nitrogens with zero attached hydrogens (tertiary/aromatic N) is 2. The van der Waals surface area contributed by atoms with E-state index in [0.717, 1.165) is 66.7 Å². The van der Waals surface area contributed by atoms with Gasteiger partial charge in [-0.05, 0) is 63.7 Å². The minimum Gasteiger partial charge on any atom is -0.456 e. The van der Waals surface area contributed by atoms with Gasteiger partial charge in [-0.25, -0.2) is 9.97 Å². The van der Waals surface area contributed by atoms with E-state index in [1.54, 1.807) is 0 Å². The fourth-order valence-electron chi connectivity index (χ4n) is 6.54. The smallest absolute Gasteiger partial charge is 0.160 e. The minimum atomic E-state index is 0.675. The SMILES string of the molecule is c1ccc(-c2ccc(-c3cccc(-c4cc(-c5ccc6c(c5)oc5ccccc56)nc(-c5ccc(-c6ccccc6)cc5)n4)c3)cc2)cc1. The molecule has 0 N–H and O–H groups in total. The number of hydrogen-bond donors (Lipinski definition) is 0. The van der Waals surface area contributed by atoms with E-state index in [0.29, 0.717) is 5.82 Å². The lowest BCUT2D eigenvalue weighted by Gasteiger charge is -2.11. The van der Waals surface area contributed by atoms with Gasteiger partial charge in [-0.1, -0.05) is 152 Å². The zero-order valence-electron chi connectivity index (χ0n) is 26.6. The Balaban J connectivity index is 1.14. The lowest BCUT2D eigenvalue weighted by molar-refractivity contribution is 0.669. The van der Waals surface area contributed by atoms with Crippen LogP contribution in [0.5, 0.6) is 0 Å². The molecule has 2 heterocycles. The lowest BCUT2D eigenvalue weighted by Crippen LogP contribution is -1.96. The summed E-state index contributed by atoms with van der Waals surface area (Å²) >= 11 is 0. The molecule has 0 atom stereocenters. The largest absolute Gasteiger partial charge is 0.456 e. The van der Waals surface area contributed by atoms with E-state index in [1.165, 1.54) is 16.7 Å². The molecule has 3 heteroatoms. The van der Waals surface area contributed by atoms with Crippen molar-refractivity contribution in [3.8, 4) is 67.3 Å². The normalized spacial score (nSPS) is 11.3. The molecule has 0 saturated heterocycles. The summed E-state index contributed by atoms with van der Waals surface area (Å²) in [4.78, 5) is 10.3. The second-order valence-electron chi connectivity index (χ2n) is 12.2. The van der Waals surface area contributed by atoms with Gasteiger partial charge in [0, 0.05) is 27.5 Å². The van der Waals surface area contributed by atoms with Crippen molar-refractivity contribution in [1.29, 1.82) is 0 Å². The average molecular weight is 627 g/mol. The summed E-state index contributed by atoms with van der Waals surface area (Å²) in [5.74, 6) is 0.675. The summed E-state index contributed by atoms with van der Waals surface area (Å²) in [6, 6.07) is 63.3. The van der Waals surface area contributed by atoms with E-state index in [-0.39, 0.29) is 0 Å². The molecular weight excluding hydrogens is 597 g/mol. The van der Waals surface area contributed by atoms with Gasteiger partial charge in [0.25, 0.3) is 0 Å². The molecule has 2 aromatic heterocycles. The molecule has 0 amide bonds. The summed E-state index contributed by atoms with van der Waals surface area (Å²) in [5.41, 5.74) is 13.4. The molecule has 0 bridgehead atoms. The van der Waals surface area contributed by atoms with Crippen LogP contribution in [-0.4, -0.2) is 9.97 Å². The Morgan fingerprint density at radius 3 is 1.39 bits per heavy atom. The van der Waals surface area contributed by atoms with Gasteiger partial charge in [0.1, 0.15) is 11.2 Å². The van der Waals surface area contributed by atoms with Crippen LogP contribution in [0.1, 0.15) is 0 Å². The van der Waals surface area contributed by atoms with Crippen LogP contribution in [0.3, 0.4) is 0 Å². The Hall–Kier alpha value is -6.58. The van der Waals surface area contributed by atoms with Crippen LogP contribution in [0.15, 0.2) is 186 Å². The average Bonchev–Trinajstić information content (AvgIpc) is 3.57. The van der Waals surface area contributed by atoms with E-state index in [1.807, 2.05) is 30.3 Å². The maximum absolute atomic E-state index is 6.26. The number of furan rings is 1. The van der Waals surface area contributed by atoms with E-state index in [9.17, 15) is 0 Å². The number of fused-ring (bicyclic) bond motifs is 3. The summed E-state index contributed by atoms with van der Waals surface area (Å²) in [6.45, 7) is 0. The van der Waals surface area contributed by atoms with E-state index >= 15 is 0 Å². The van der Waals surface area contributed by atoms with Crippen molar-refractivity contribution < 1.29 is 4.42 Å². The summed E-state index contributed by atoms with van der Waals surface area (Å²) in [5, 5.41) is 2.21. The van der Waals surface area contributed by atoms with E-state index in [4.69, 9.17) is 14.4 Å². The lowest BCUT2D eigenvalue weighted by atomic mass is 9.98. The molecule has 0 aliphatic rings. The van der Waals surface area contributed by atoms with Gasteiger partial charge in [0.2, 0.25) is 0 Å². The third-order valence-corrected chi connectivity index (χ3v) is 9.13. The van der Waals surface area contributed by atoms with Crippen molar-refractivity contribution in [3.05, 3.63) is 182 Å². The fraction of sp³-hybridized carbons (Fsp3) is 0. The molecule has 9 rings (SSSR count). The highest BCUT2D eigenvalue weighted by molar-refractivity contribution is 6.05. The highest BCUT2D eigenvalue weighted by Crippen LogP contribution is 2.35. The Kier molecular flexibility index (Phi) is 7.14. The first kappa shape index (κ1) is 28.6. The third kappa shape index (κ3) is 5.58. The van der Waals surface area contributed by atoms with Gasteiger partial charge in [-0.2, -0.15) is 0 Å². The van der Waals surface area contributed by atoms with Gasteiger partial charge >= 0.3 is 0 Å². The van der Waals surface area contributed by atoms with E-state index < -0.39 is 0 Å². The number of aromatic nitrogens is 2. The van der Waals surface area contributed by atoms with Crippen molar-refractivity contribution in [1.82, 2.24) is 9.97 Å². The summed E-state index contributed by atoms with van der Waals surface area (Å²) in [7, 11) is 0. The highest BCUT2D eigenvalue weighted by atomic mass is 16.3. The minimum absolute atomic E-state index is 0.675.